The first-order chi connectivity index (χ1) is 6.81. The predicted octanol–water partition coefficient (Wildman–Crippen LogP) is 2.67. The van der Waals surface area contributed by atoms with Crippen molar-refractivity contribution < 1.29 is 4.42 Å². The van der Waals surface area contributed by atoms with Crippen molar-refractivity contribution >= 4 is 27.3 Å². The molecule has 3 nitrogen and oxygen atoms in total. The zero-order valence-electron chi connectivity index (χ0n) is 7.37. The van der Waals surface area contributed by atoms with E-state index in [2.05, 4.69) is 20.9 Å². The Morgan fingerprint density at radius 2 is 2.43 bits per heavy atom. The van der Waals surface area contributed by atoms with E-state index in [1.165, 1.54) is 0 Å². The van der Waals surface area contributed by atoms with Crippen LogP contribution >= 0.6 is 27.3 Å². The summed E-state index contributed by atoms with van der Waals surface area (Å²) < 4.78 is 6.58. The van der Waals surface area contributed by atoms with Gasteiger partial charge in [-0.3, -0.25) is 0 Å². The van der Waals surface area contributed by atoms with Gasteiger partial charge < -0.3 is 10.2 Å². The summed E-state index contributed by atoms with van der Waals surface area (Å²) in [6.07, 6.45) is 2.42. The first kappa shape index (κ1) is 9.89. The number of thiophene rings is 1. The molecule has 5 heteroatoms. The zero-order chi connectivity index (χ0) is 9.97. The van der Waals surface area contributed by atoms with Gasteiger partial charge in [-0.05, 0) is 27.4 Å². The lowest BCUT2D eigenvalue weighted by molar-refractivity contribution is 0.509. The summed E-state index contributed by atoms with van der Waals surface area (Å²) in [5, 5.41) is 2.00. The number of hydrogen-bond donors (Lipinski definition) is 1. The Balaban J connectivity index is 2.29. The maximum atomic E-state index is 5.54. The first-order valence-electron chi connectivity index (χ1n) is 4.19. The van der Waals surface area contributed by atoms with Crippen LogP contribution in [0.15, 0.2) is 26.5 Å². The second-order valence-corrected chi connectivity index (χ2v) is 4.53. The standard InChI is InChI=1S/C9H9BrN2OS/c10-6-2-4-14-9(6)7-5-12-8(13-7)1-3-11/h2,4-5H,1,3,11H2. The molecular weight excluding hydrogens is 264 g/mol. The molecule has 0 unspecified atom stereocenters. The average Bonchev–Trinajstić information content (AvgIpc) is 2.74. The fourth-order valence-electron chi connectivity index (χ4n) is 1.12. The molecular formula is C9H9BrN2OS. The van der Waals surface area contributed by atoms with Crippen molar-refractivity contribution in [1.29, 1.82) is 0 Å². The zero-order valence-corrected chi connectivity index (χ0v) is 9.77. The molecule has 0 amide bonds. The Kier molecular flexibility index (Phi) is 3.00. The average molecular weight is 273 g/mol. The summed E-state index contributed by atoms with van der Waals surface area (Å²) in [7, 11) is 0. The highest BCUT2D eigenvalue weighted by Crippen LogP contribution is 2.33. The smallest absolute Gasteiger partial charge is 0.196 e. The molecule has 0 bridgehead atoms. The molecule has 0 saturated heterocycles. The molecule has 0 atom stereocenters. The molecule has 2 heterocycles. The van der Waals surface area contributed by atoms with Crippen molar-refractivity contribution in [3.8, 4) is 10.6 Å². The van der Waals surface area contributed by atoms with E-state index in [0.717, 1.165) is 15.1 Å². The number of rotatable bonds is 3. The molecule has 0 spiro atoms. The van der Waals surface area contributed by atoms with Crippen LogP contribution < -0.4 is 5.73 Å². The molecule has 2 aromatic heterocycles. The predicted molar refractivity (Wildman–Crippen MR) is 60.3 cm³/mol. The topological polar surface area (TPSA) is 52.0 Å². The van der Waals surface area contributed by atoms with Crippen LogP contribution in [0.2, 0.25) is 0 Å². The van der Waals surface area contributed by atoms with Gasteiger partial charge in [0.25, 0.3) is 0 Å². The minimum atomic E-state index is 0.561. The van der Waals surface area contributed by atoms with Crippen LogP contribution in [0.3, 0.4) is 0 Å². The van der Waals surface area contributed by atoms with Crippen LogP contribution in [-0.4, -0.2) is 11.5 Å². The molecule has 0 radical (unpaired) electrons. The van der Waals surface area contributed by atoms with Crippen LogP contribution in [0.1, 0.15) is 5.89 Å². The summed E-state index contributed by atoms with van der Waals surface area (Å²) in [5.74, 6) is 1.50. The van der Waals surface area contributed by atoms with Crippen LogP contribution in [0.25, 0.3) is 10.6 Å². The number of aromatic nitrogens is 1. The maximum absolute atomic E-state index is 5.54. The second kappa shape index (κ2) is 4.25. The van der Waals surface area contributed by atoms with Crippen molar-refractivity contribution in [2.24, 2.45) is 5.73 Å². The van der Waals surface area contributed by atoms with E-state index in [1.54, 1.807) is 17.5 Å². The van der Waals surface area contributed by atoms with Crippen molar-refractivity contribution in [1.82, 2.24) is 4.98 Å². The van der Waals surface area contributed by atoms with Crippen LogP contribution in [0.4, 0.5) is 0 Å². The molecule has 0 aliphatic carbocycles. The first-order valence-corrected chi connectivity index (χ1v) is 5.86. The third kappa shape index (κ3) is 1.89. The van der Waals surface area contributed by atoms with Gasteiger partial charge in [-0.1, -0.05) is 0 Å². The lowest BCUT2D eigenvalue weighted by Crippen LogP contribution is -2.02. The van der Waals surface area contributed by atoms with E-state index >= 15 is 0 Å². The summed E-state index contributed by atoms with van der Waals surface area (Å²) in [4.78, 5) is 5.21. The van der Waals surface area contributed by atoms with Gasteiger partial charge in [0, 0.05) is 17.4 Å². The van der Waals surface area contributed by atoms with Crippen molar-refractivity contribution in [2.45, 2.75) is 6.42 Å². The number of nitrogens with zero attached hydrogens (tertiary/aromatic N) is 1. The number of halogens is 1. The van der Waals surface area contributed by atoms with Gasteiger partial charge in [0.15, 0.2) is 11.7 Å². The molecule has 74 valence electrons. The lowest BCUT2D eigenvalue weighted by Gasteiger charge is -1.91. The molecule has 14 heavy (non-hydrogen) atoms. The fourth-order valence-corrected chi connectivity index (χ4v) is 2.64. The highest BCUT2D eigenvalue weighted by molar-refractivity contribution is 9.10. The summed E-state index contributed by atoms with van der Waals surface area (Å²) in [6, 6.07) is 1.99. The number of hydrogen-bond acceptors (Lipinski definition) is 4. The maximum Gasteiger partial charge on any atom is 0.196 e. The quantitative estimate of drug-likeness (QED) is 0.935. The minimum Gasteiger partial charge on any atom is -0.440 e. The minimum absolute atomic E-state index is 0.561. The Labute approximate surface area is 94.1 Å². The Morgan fingerprint density at radius 3 is 3.07 bits per heavy atom. The van der Waals surface area contributed by atoms with Gasteiger partial charge in [0.1, 0.15) is 0 Å². The molecule has 0 aliphatic rings. The third-order valence-electron chi connectivity index (χ3n) is 1.75. The largest absolute Gasteiger partial charge is 0.440 e. The molecule has 0 fully saturated rings. The van der Waals surface area contributed by atoms with Crippen LogP contribution in [0.5, 0.6) is 0 Å². The molecule has 0 aromatic carbocycles. The van der Waals surface area contributed by atoms with Crippen LogP contribution in [-0.2, 0) is 6.42 Å². The van der Waals surface area contributed by atoms with E-state index in [1.807, 2.05) is 11.4 Å². The summed E-state index contributed by atoms with van der Waals surface area (Å²) in [5.41, 5.74) is 5.41. The van der Waals surface area contributed by atoms with Crippen molar-refractivity contribution in [3.05, 3.63) is 28.0 Å². The van der Waals surface area contributed by atoms with Crippen molar-refractivity contribution in [3.63, 3.8) is 0 Å². The van der Waals surface area contributed by atoms with Gasteiger partial charge in [0.2, 0.25) is 0 Å². The van der Waals surface area contributed by atoms with Gasteiger partial charge in [-0.2, -0.15) is 0 Å². The molecule has 0 saturated carbocycles. The summed E-state index contributed by atoms with van der Waals surface area (Å²) in [6.45, 7) is 0.561. The Morgan fingerprint density at radius 1 is 1.57 bits per heavy atom. The van der Waals surface area contributed by atoms with Crippen LogP contribution in [0, 0.1) is 0 Å². The normalized spacial score (nSPS) is 10.7. The Hall–Kier alpha value is -0.650. The highest BCUT2D eigenvalue weighted by Gasteiger charge is 2.10. The van der Waals surface area contributed by atoms with Gasteiger partial charge in [0.05, 0.1) is 11.1 Å². The van der Waals surface area contributed by atoms with Gasteiger partial charge in [-0.15, -0.1) is 11.3 Å². The van der Waals surface area contributed by atoms with E-state index in [9.17, 15) is 0 Å². The molecule has 0 aliphatic heterocycles. The van der Waals surface area contributed by atoms with Gasteiger partial charge in [-0.25, -0.2) is 4.98 Å². The monoisotopic (exact) mass is 272 g/mol. The van der Waals surface area contributed by atoms with E-state index < -0.39 is 0 Å². The molecule has 2 aromatic rings. The number of oxazole rings is 1. The molecule has 2 rings (SSSR count). The third-order valence-corrected chi connectivity index (χ3v) is 3.60. The second-order valence-electron chi connectivity index (χ2n) is 2.75. The fraction of sp³-hybridized carbons (Fsp3) is 0.222. The van der Waals surface area contributed by atoms with E-state index in [4.69, 9.17) is 10.2 Å². The highest BCUT2D eigenvalue weighted by atomic mass is 79.9. The molecule has 2 N–H and O–H groups in total. The lowest BCUT2D eigenvalue weighted by atomic mass is 10.4. The van der Waals surface area contributed by atoms with Crippen molar-refractivity contribution in [2.75, 3.05) is 6.54 Å². The van der Waals surface area contributed by atoms with E-state index in [0.29, 0.717) is 18.9 Å². The van der Waals surface area contributed by atoms with Gasteiger partial charge >= 0.3 is 0 Å². The summed E-state index contributed by atoms with van der Waals surface area (Å²) >= 11 is 5.07. The Bertz CT molecular complexity index is 424. The number of nitrogens with two attached hydrogens (primary N) is 1. The van der Waals surface area contributed by atoms with E-state index in [-0.39, 0.29) is 0 Å². The SMILES string of the molecule is NCCc1ncc(-c2sccc2Br)o1.